The second-order valence-electron chi connectivity index (χ2n) is 5.85. The van der Waals surface area contributed by atoms with Crippen molar-refractivity contribution in [2.75, 3.05) is 20.3 Å². The Kier molecular flexibility index (Phi) is 6.84. The van der Waals surface area contributed by atoms with Crippen LogP contribution in [0.1, 0.15) is 16.7 Å². The first-order chi connectivity index (χ1) is 12.9. The fraction of sp³-hybridized carbons (Fsp3) is 0.238. The second-order valence-corrected chi connectivity index (χ2v) is 5.85. The molecule has 27 heavy (non-hydrogen) atoms. The number of aliphatic carboxylic acids is 1. The predicted molar refractivity (Wildman–Crippen MR) is 101 cm³/mol. The molecule has 0 bridgehead atoms. The van der Waals surface area contributed by atoms with Crippen molar-refractivity contribution in [2.45, 2.75) is 13.8 Å². The van der Waals surface area contributed by atoms with Gasteiger partial charge in [-0.05, 0) is 49.2 Å². The minimum atomic E-state index is -1.28. The van der Waals surface area contributed by atoms with Crippen LogP contribution >= 0.6 is 0 Å². The third-order valence-corrected chi connectivity index (χ3v) is 3.78. The van der Waals surface area contributed by atoms with E-state index in [1.807, 2.05) is 32.0 Å². The first-order valence-electron chi connectivity index (χ1n) is 8.30. The molecule has 6 nitrogen and oxygen atoms in total. The standard InChI is InChI=1S/C21H21NO5/c1-14-4-6-18(15(2)10-14)26-8-9-27-20-12-16(5-7-19(20)25-3)11-17(13-22)21(23)24/h4-7,10-12H,8-9H2,1-3H3,(H,23,24). The number of rotatable bonds is 8. The zero-order valence-corrected chi connectivity index (χ0v) is 15.5. The first-order valence-corrected chi connectivity index (χ1v) is 8.30. The summed E-state index contributed by atoms with van der Waals surface area (Å²) in [4.78, 5) is 11.0. The van der Waals surface area contributed by atoms with Gasteiger partial charge in [0.25, 0.3) is 0 Å². The smallest absolute Gasteiger partial charge is 0.346 e. The molecule has 0 aromatic heterocycles. The van der Waals surface area contributed by atoms with E-state index in [2.05, 4.69) is 0 Å². The lowest BCUT2D eigenvalue weighted by Crippen LogP contribution is -2.10. The maximum Gasteiger partial charge on any atom is 0.346 e. The average Bonchev–Trinajstić information content (AvgIpc) is 2.64. The molecule has 0 saturated heterocycles. The number of hydrogen-bond acceptors (Lipinski definition) is 5. The quantitative estimate of drug-likeness (QED) is 0.434. The van der Waals surface area contributed by atoms with Gasteiger partial charge >= 0.3 is 5.97 Å². The van der Waals surface area contributed by atoms with Crippen LogP contribution in [-0.4, -0.2) is 31.4 Å². The predicted octanol–water partition coefficient (Wildman–Crippen LogP) is 3.76. The van der Waals surface area contributed by atoms with Crippen molar-refractivity contribution in [1.82, 2.24) is 0 Å². The Balaban J connectivity index is 2.05. The molecule has 6 heteroatoms. The minimum absolute atomic E-state index is 0.279. The fourth-order valence-corrected chi connectivity index (χ4v) is 2.47. The molecule has 140 valence electrons. The molecular weight excluding hydrogens is 346 g/mol. The number of methoxy groups -OCH3 is 1. The Hall–Kier alpha value is -3.46. The largest absolute Gasteiger partial charge is 0.493 e. The molecule has 2 rings (SSSR count). The average molecular weight is 367 g/mol. The van der Waals surface area contributed by atoms with Gasteiger partial charge in [0.2, 0.25) is 0 Å². The molecule has 0 aliphatic rings. The SMILES string of the molecule is COc1ccc(C=C(C#N)C(=O)O)cc1OCCOc1ccc(C)cc1C. The molecule has 0 saturated carbocycles. The van der Waals surface area contributed by atoms with Gasteiger partial charge in [0.1, 0.15) is 30.6 Å². The van der Waals surface area contributed by atoms with Gasteiger partial charge in [0.15, 0.2) is 11.5 Å². The topological polar surface area (TPSA) is 88.8 Å². The lowest BCUT2D eigenvalue weighted by Gasteiger charge is -2.13. The Morgan fingerprint density at radius 3 is 2.33 bits per heavy atom. The lowest BCUT2D eigenvalue weighted by atomic mass is 10.1. The van der Waals surface area contributed by atoms with Gasteiger partial charge in [-0.2, -0.15) is 5.26 Å². The van der Waals surface area contributed by atoms with Crippen molar-refractivity contribution in [1.29, 1.82) is 5.26 Å². The monoisotopic (exact) mass is 367 g/mol. The van der Waals surface area contributed by atoms with Gasteiger partial charge in [-0.25, -0.2) is 4.79 Å². The van der Waals surface area contributed by atoms with Gasteiger partial charge in [-0.15, -0.1) is 0 Å². The van der Waals surface area contributed by atoms with Crippen molar-refractivity contribution in [3.63, 3.8) is 0 Å². The van der Waals surface area contributed by atoms with E-state index in [-0.39, 0.29) is 12.2 Å². The summed E-state index contributed by atoms with van der Waals surface area (Å²) in [6.45, 7) is 4.62. The van der Waals surface area contributed by atoms with E-state index in [1.165, 1.54) is 18.7 Å². The molecule has 2 aromatic carbocycles. The molecule has 0 aliphatic carbocycles. The minimum Gasteiger partial charge on any atom is -0.493 e. The highest BCUT2D eigenvalue weighted by atomic mass is 16.5. The fourth-order valence-electron chi connectivity index (χ4n) is 2.47. The molecule has 0 spiro atoms. The first kappa shape index (κ1) is 19.9. The number of carboxylic acid groups (broad SMARTS) is 1. The van der Waals surface area contributed by atoms with E-state index in [0.29, 0.717) is 23.7 Å². The molecule has 0 unspecified atom stereocenters. The van der Waals surface area contributed by atoms with E-state index >= 15 is 0 Å². The van der Waals surface area contributed by atoms with E-state index in [0.717, 1.165) is 11.3 Å². The number of hydrogen-bond donors (Lipinski definition) is 1. The van der Waals surface area contributed by atoms with Crippen LogP contribution in [0.5, 0.6) is 17.2 Å². The van der Waals surface area contributed by atoms with Gasteiger partial charge in [-0.1, -0.05) is 23.8 Å². The number of benzene rings is 2. The summed E-state index contributed by atoms with van der Waals surface area (Å²) in [5, 5.41) is 17.8. The molecule has 0 aliphatic heterocycles. The number of aryl methyl sites for hydroxylation is 2. The maximum absolute atomic E-state index is 11.0. The zero-order chi connectivity index (χ0) is 19.8. The van der Waals surface area contributed by atoms with E-state index < -0.39 is 5.97 Å². The van der Waals surface area contributed by atoms with Crippen LogP contribution in [0, 0.1) is 25.2 Å². The molecule has 1 N–H and O–H groups in total. The Morgan fingerprint density at radius 2 is 1.74 bits per heavy atom. The molecular formula is C21H21NO5. The van der Waals surface area contributed by atoms with Crippen LogP contribution in [0.4, 0.5) is 0 Å². The molecule has 0 fully saturated rings. The normalized spacial score (nSPS) is 10.8. The Bertz CT molecular complexity index is 896. The number of ether oxygens (including phenoxy) is 3. The molecule has 2 aromatic rings. The third kappa shape index (κ3) is 5.51. The van der Waals surface area contributed by atoms with Crippen LogP contribution in [0.3, 0.4) is 0 Å². The van der Waals surface area contributed by atoms with E-state index in [1.54, 1.807) is 24.3 Å². The number of nitrogens with zero attached hydrogens (tertiary/aromatic N) is 1. The molecule has 0 atom stereocenters. The number of carbonyl (C=O) groups is 1. The Morgan fingerprint density at radius 1 is 1.07 bits per heavy atom. The van der Waals surface area contributed by atoms with Crippen LogP contribution in [0.25, 0.3) is 6.08 Å². The van der Waals surface area contributed by atoms with E-state index in [9.17, 15) is 4.79 Å². The molecule has 0 amide bonds. The summed E-state index contributed by atoms with van der Waals surface area (Å²) in [6.07, 6.45) is 1.28. The summed E-state index contributed by atoms with van der Waals surface area (Å²) in [6, 6.07) is 12.5. The van der Waals surface area contributed by atoms with Crippen molar-refractivity contribution >= 4 is 12.0 Å². The molecule has 0 heterocycles. The van der Waals surface area contributed by atoms with Gasteiger partial charge in [0.05, 0.1) is 7.11 Å². The second kappa shape index (κ2) is 9.30. The van der Waals surface area contributed by atoms with Gasteiger partial charge in [-0.3, -0.25) is 0 Å². The highest BCUT2D eigenvalue weighted by Gasteiger charge is 2.09. The molecule has 0 radical (unpaired) electrons. The summed E-state index contributed by atoms with van der Waals surface area (Å²) in [5.74, 6) is 0.469. The van der Waals surface area contributed by atoms with Crippen LogP contribution < -0.4 is 14.2 Å². The number of carboxylic acids is 1. The van der Waals surface area contributed by atoms with E-state index in [4.69, 9.17) is 24.6 Å². The van der Waals surface area contributed by atoms with Crippen LogP contribution in [-0.2, 0) is 4.79 Å². The number of nitriles is 1. The maximum atomic E-state index is 11.0. The van der Waals surface area contributed by atoms with Crippen molar-refractivity contribution < 1.29 is 24.1 Å². The summed E-state index contributed by atoms with van der Waals surface area (Å²) in [7, 11) is 1.52. The van der Waals surface area contributed by atoms with Gasteiger partial charge in [0, 0.05) is 0 Å². The zero-order valence-electron chi connectivity index (χ0n) is 15.5. The summed E-state index contributed by atoms with van der Waals surface area (Å²) in [5.41, 5.74) is 2.39. The third-order valence-electron chi connectivity index (χ3n) is 3.78. The van der Waals surface area contributed by atoms with Crippen LogP contribution in [0.2, 0.25) is 0 Å². The van der Waals surface area contributed by atoms with Crippen molar-refractivity contribution in [3.8, 4) is 23.3 Å². The van der Waals surface area contributed by atoms with Crippen LogP contribution in [0.15, 0.2) is 42.0 Å². The van der Waals surface area contributed by atoms with Crippen molar-refractivity contribution in [2.24, 2.45) is 0 Å². The summed E-state index contributed by atoms with van der Waals surface area (Å²) >= 11 is 0. The highest BCUT2D eigenvalue weighted by molar-refractivity contribution is 5.96. The van der Waals surface area contributed by atoms with Gasteiger partial charge < -0.3 is 19.3 Å². The Labute approximate surface area is 158 Å². The highest BCUT2D eigenvalue weighted by Crippen LogP contribution is 2.29. The lowest BCUT2D eigenvalue weighted by molar-refractivity contribution is -0.132. The summed E-state index contributed by atoms with van der Waals surface area (Å²) < 4.78 is 16.7. The van der Waals surface area contributed by atoms with Crippen molar-refractivity contribution in [3.05, 3.63) is 58.7 Å².